The summed E-state index contributed by atoms with van der Waals surface area (Å²) in [6.07, 6.45) is 0.220. The second kappa shape index (κ2) is 7.70. The lowest BCUT2D eigenvalue weighted by molar-refractivity contribution is -0.274. The van der Waals surface area contributed by atoms with Crippen LogP contribution in [-0.2, 0) is 6.42 Å². The molecule has 0 unspecified atom stereocenters. The maximum atomic E-state index is 12.2. The van der Waals surface area contributed by atoms with Crippen molar-refractivity contribution in [1.82, 2.24) is 15.0 Å². The molecule has 140 valence electrons. The molecule has 0 aliphatic carbocycles. The monoisotopic (exact) mass is 394 g/mol. The number of amides is 1. The fourth-order valence-corrected chi connectivity index (χ4v) is 2.97. The predicted molar refractivity (Wildman–Crippen MR) is 92.8 cm³/mol. The molecule has 1 amide bonds. The molecule has 3 rings (SSSR count). The molecule has 0 radical (unpaired) electrons. The largest absolute Gasteiger partial charge is 0.573 e. The molecular weight excluding hydrogens is 381 g/mol. The first-order chi connectivity index (χ1) is 12.8. The smallest absolute Gasteiger partial charge is 0.406 e. The highest BCUT2D eigenvalue weighted by Gasteiger charge is 2.30. The second-order valence-electron chi connectivity index (χ2n) is 5.50. The van der Waals surface area contributed by atoms with Crippen LogP contribution in [0.25, 0.3) is 0 Å². The Morgan fingerprint density at radius 1 is 1.11 bits per heavy atom. The summed E-state index contributed by atoms with van der Waals surface area (Å²) in [7, 11) is 0. The van der Waals surface area contributed by atoms with Gasteiger partial charge < -0.3 is 4.74 Å². The summed E-state index contributed by atoms with van der Waals surface area (Å²) in [5.41, 5.74) is 1.67. The van der Waals surface area contributed by atoms with Gasteiger partial charge in [-0.05, 0) is 24.6 Å². The Balaban J connectivity index is 1.60. The van der Waals surface area contributed by atoms with E-state index in [1.54, 1.807) is 25.3 Å². The first-order valence-electron chi connectivity index (χ1n) is 7.68. The summed E-state index contributed by atoms with van der Waals surface area (Å²) < 4.78 is 40.3. The van der Waals surface area contributed by atoms with Crippen LogP contribution in [0.15, 0.2) is 42.9 Å². The molecule has 0 spiro atoms. The van der Waals surface area contributed by atoms with E-state index in [1.165, 1.54) is 35.9 Å². The van der Waals surface area contributed by atoms with Crippen LogP contribution in [0.5, 0.6) is 5.75 Å². The molecule has 0 bridgehead atoms. The van der Waals surface area contributed by atoms with Crippen LogP contribution in [0.1, 0.15) is 26.6 Å². The summed E-state index contributed by atoms with van der Waals surface area (Å²) in [6, 6.07) is 5.59. The number of carbonyl (C=O) groups is 1. The van der Waals surface area contributed by atoms with E-state index in [1.807, 2.05) is 0 Å². The molecule has 1 aromatic carbocycles. The minimum Gasteiger partial charge on any atom is -0.406 e. The number of nitrogens with zero attached hydrogens (tertiary/aromatic N) is 3. The Kier molecular flexibility index (Phi) is 5.36. The molecule has 0 saturated carbocycles. The molecule has 6 nitrogen and oxygen atoms in total. The van der Waals surface area contributed by atoms with Gasteiger partial charge in [-0.25, -0.2) is 9.97 Å². The molecule has 27 heavy (non-hydrogen) atoms. The van der Waals surface area contributed by atoms with Crippen LogP contribution in [0.3, 0.4) is 0 Å². The van der Waals surface area contributed by atoms with Crippen LogP contribution in [-0.4, -0.2) is 27.2 Å². The quantitative estimate of drug-likeness (QED) is 0.708. The van der Waals surface area contributed by atoms with Crippen LogP contribution >= 0.6 is 11.3 Å². The van der Waals surface area contributed by atoms with Crippen molar-refractivity contribution in [2.24, 2.45) is 0 Å². The third-order valence-corrected chi connectivity index (χ3v) is 4.24. The number of ether oxygens (including phenoxy) is 1. The molecule has 0 saturated heterocycles. The highest BCUT2D eigenvalue weighted by atomic mass is 32.1. The standard InChI is InChI=1S/C17H13F3N4O2S/c1-10-7-22-14(9-21-10)15(25)24-16-23-8-13(27-16)6-11-2-4-12(5-3-11)26-17(18,19)20/h2-5,7-9H,6H2,1H3,(H,23,24,25). The van der Waals surface area contributed by atoms with Crippen molar-refractivity contribution in [3.63, 3.8) is 0 Å². The van der Waals surface area contributed by atoms with Crippen molar-refractivity contribution >= 4 is 22.4 Å². The molecule has 2 heterocycles. The molecule has 0 fully saturated rings. The van der Waals surface area contributed by atoms with Gasteiger partial charge in [-0.3, -0.25) is 15.1 Å². The Morgan fingerprint density at radius 2 is 1.85 bits per heavy atom. The lowest BCUT2D eigenvalue weighted by atomic mass is 10.1. The normalized spacial score (nSPS) is 11.3. The summed E-state index contributed by atoms with van der Waals surface area (Å²) in [5, 5.41) is 3.04. The van der Waals surface area contributed by atoms with Crippen LogP contribution in [0.2, 0.25) is 0 Å². The van der Waals surface area contributed by atoms with Gasteiger partial charge in [0.25, 0.3) is 5.91 Å². The van der Waals surface area contributed by atoms with Crippen molar-refractivity contribution in [2.75, 3.05) is 5.32 Å². The van der Waals surface area contributed by atoms with Crippen molar-refractivity contribution in [3.05, 3.63) is 64.7 Å². The predicted octanol–water partition coefficient (Wildman–Crippen LogP) is 3.98. The number of hydrogen-bond donors (Lipinski definition) is 1. The highest BCUT2D eigenvalue weighted by molar-refractivity contribution is 7.15. The van der Waals surface area contributed by atoms with Gasteiger partial charge in [0.15, 0.2) is 5.13 Å². The van der Waals surface area contributed by atoms with Crippen LogP contribution in [0.4, 0.5) is 18.3 Å². The van der Waals surface area contributed by atoms with Gasteiger partial charge in [-0.2, -0.15) is 0 Å². The zero-order valence-electron chi connectivity index (χ0n) is 13.9. The average Bonchev–Trinajstić information content (AvgIpc) is 3.03. The van der Waals surface area contributed by atoms with Crippen molar-refractivity contribution < 1.29 is 22.7 Å². The topological polar surface area (TPSA) is 77.0 Å². The molecule has 3 aromatic rings. The zero-order valence-corrected chi connectivity index (χ0v) is 14.8. The fourth-order valence-electron chi connectivity index (χ4n) is 2.13. The molecule has 0 atom stereocenters. The first-order valence-corrected chi connectivity index (χ1v) is 8.49. The number of thiazole rings is 1. The Bertz CT molecular complexity index is 925. The maximum absolute atomic E-state index is 12.2. The summed E-state index contributed by atoms with van der Waals surface area (Å²) in [4.78, 5) is 25.1. The SMILES string of the molecule is Cc1cnc(C(=O)Nc2ncc(Cc3ccc(OC(F)(F)F)cc3)s2)cn1. The number of aromatic nitrogens is 3. The molecule has 0 aliphatic rings. The Labute approximate surface area is 156 Å². The van der Waals surface area contributed by atoms with Crippen molar-refractivity contribution in [1.29, 1.82) is 0 Å². The first kappa shape index (κ1) is 18.8. The number of aryl methyl sites for hydroxylation is 1. The number of benzene rings is 1. The minimum atomic E-state index is -4.71. The molecule has 0 aliphatic heterocycles. The second-order valence-corrected chi connectivity index (χ2v) is 6.61. The van der Waals surface area contributed by atoms with Gasteiger partial charge >= 0.3 is 6.36 Å². The van der Waals surface area contributed by atoms with Gasteiger partial charge in [-0.1, -0.05) is 12.1 Å². The molecule has 10 heteroatoms. The van der Waals surface area contributed by atoms with E-state index in [4.69, 9.17) is 0 Å². The zero-order chi connectivity index (χ0) is 19.4. The molecule has 2 aromatic heterocycles. The van der Waals surface area contributed by atoms with Gasteiger partial charge in [0.1, 0.15) is 11.4 Å². The van der Waals surface area contributed by atoms with E-state index in [0.29, 0.717) is 17.2 Å². The lowest BCUT2D eigenvalue weighted by Gasteiger charge is -2.08. The van der Waals surface area contributed by atoms with Gasteiger partial charge in [-0.15, -0.1) is 24.5 Å². The van der Waals surface area contributed by atoms with Gasteiger partial charge in [0, 0.05) is 23.7 Å². The van der Waals surface area contributed by atoms with E-state index < -0.39 is 12.3 Å². The van der Waals surface area contributed by atoms with Crippen LogP contribution < -0.4 is 10.1 Å². The number of anilines is 1. The number of hydrogen-bond acceptors (Lipinski definition) is 6. The summed E-state index contributed by atoms with van der Waals surface area (Å²) >= 11 is 1.27. The van der Waals surface area contributed by atoms with Gasteiger partial charge in [0.2, 0.25) is 0 Å². The fraction of sp³-hybridized carbons (Fsp3) is 0.176. The number of alkyl halides is 3. The third-order valence-electron chi connectivity index (χ3n) is 3.32. The average molecular weight is 394 g/mol. The van der Waals surface area contributed by atoms with Crippen LogP contribution in [0, 0.1) is 6.92 Å². The molecule has 1 N–H and O–H groups in total. The van der Waals surface area contributed by atoms with E-state index in [9.17, 15) is 18.0 Å². The Morgan fingerprint density at radius 3 is 2.48 bits per heavy atom. The number of rotatable bonds is 5. The van der Waals surface area contributed by atoms with Crippen molar-refractivity contribution in [3.8, 4) is 5.75 Å². The number of carbonyl (C=O) groups excluding carboxylic acids is 1. The van der Waals surface area contributed by atoms with E-state index in [0.717, 1.165) is 10.4 Å². The van der Waals surface area contributed by atoms with E-state index in [-0.39, 0.29) is 11.4 Å². The number of halogens is 3. The maximum Gasteiger partial charge on any atom is 0.573 e. The summed E-state index contributed by atoms with van der Waals surface area (Å²) in [5.74, 6) is -0.695. The van der Waals surface area contributed by atoms with E-state index in [2.05, 4.69) is 25.0 Å². The lowest BCUT2D eigenvalue weighted by Crippen LogP contribution is -2.17. The Hall–Kier alpha value is -3.01. The number of nitrogens with one attached hydrogen (secondary N) is 1. The molecular formula is C17H13F3N4O2S. The van der Waals surface area contributed by atoms with Crippen molar-refractivity contribution in [2.45, 2.75) is 19.7 Å². The summed E-state index contributed by atoms with van der Waals surface area (Å²) in [6.45, 7) is 1.77. The third kappa shape index (κ3) is 5.48. The van der Waals surface area contributed by atoms with Gasteiger partial charge in [0.05, 0.1) is 11.9 Å². The minimum absolute atomic E-state index is 0.178. The highest BCUT2D eigenvalue weighted by Crippen LogP contribution is 2.25. The van der Waals surface area contributed by atoms with E-state index >= 15 is 0 Å².